The summed E-state index contributed by atoms with van der Waals surface area (Å²) in [5.41, 5.74) is 3.57. The van der Waals surface area contributed by atoms with Crippen LogP contribution in [0.1, 0.15) is 23.6 Å². The number of rotatable bonds is 6. The first-order valence-corrected chi connectivity index (χ1v) is 10.2. The molecule has 1 atom stereocenters. The molecule has 0 saturated heterocycles. The van der Waals surface area contributed by atoms with E-state index in [4.69, 9.17) is 0 Å². The smallest absolute Gasteiger partial charge is 0.253 e. The highest BCUT2D eigenvalue weighted by Crippen LogP contribution is 2.37. The topological polar surface area (TPSA) is 80.1 Å². The number of carbonyl (C=O) groups is 2. The zero-order chi connectivity index (χ0) is 21.2. The van der Waals surface area contributed by atoms with Crippen LogP contribution in [0.15, 0.2) is 79.1 Å². The monoisotopic (exact) mass is 411 g/mol. The van der Waals surface area contributed by atoms with Gasteiger partial charge in [0.25, 0.3) is 5.91 Å². The van der Waals surface area contributed by atoms with Crippen molar-refractivity contribution >= 4 is 28.8 Å². The van der Waals surface area contributed by atoms with Gasteiger partial charge >= 0.3 is 0 Å². The van der Waals surface area contributed by atoms with Crippen LogP contribution in [0, 0.1) is 0 Å². The fourth-order valence-electron chi connectivity index (χ4n) is 3.96. The SMILES string of the molecule is O=C(C[C@@H]1C(=O)N(Cc2cccnc2)c2nc3ccccc3n21)NCc1ccccc1. The van der Waals surface area contributed by atoms with Crippen LogP contribution in [0.5, 0.6) is 0 Å². The molecule has 0 aliphatic carbocycles. The molecule has 7 nitrogen and oxygen atoms in total. The number of para-hydroxylation sites is 2. The minimum absolute atomic E-state index is 0.0581. The van der Waals surface area contributed by atoms with E-state index in [1.807, 2.05) is 71.3 Å². The number of aromatic nitrogens is 3. The minimum atomic E-state index is -0.630. The second-order valence-corrected chi connectivity index (χ2v) is 7.54. The van der Waals surface area contributed by atoms with Crippen molar-refractivity contribution in [2.75, 3.05) is 4.90 Å². The molecule has 0 saturated carbocycles. The van der Waals surface area contributed by atoms with Crippen LogP contribution < -0.4 is 10.2 Å². The van der Waals surface area contributed by atoms with E-state index in [1.165, 1.54) is 0 Å². The Morgan fingerprint density at radius 1 is 0.968 bits per heavy atom. The van der Waals surface area contributed by atoms with E-state index in [2.05, 4.69) is 15.3 Å². The Hall–Kier alpha value is -4.00. The van der Waals surface area contributed by atoms with Gasteiger partial charge in [-0.2, -0.15) is 0 Å². The van der Waals surface area contributed by atoms with Crippen molar-refractivity contribution in [1.29, 1.82) is 0 Å². The zero-order valence-electron chi connectivity index (χ0n) is 16.8. The van der Waals surface area contributed by atoms with Gasteiger partial charge in [0.15, 0.2) is 0 Å². The Bertz CT molecular complexity index is 1240. The molecule has 1 N–H and O–H groups in total. The molecule has 0 bridgehead atoms. The predicted octanol–water partition coefficient (Wildman–Crippen LogP) is 3.23. The summed E-state index contributed by atoms with van der Waals surface area (Å²) in [5, 5.41) is 2.93. The number of imidazole rings is 1. The average molecular weight is 411 g/mol. The van der Waals surface area contributed by atoms with E-state index < -0.39 is 6.04 Å². The van der Waals surface area contributed by atoms with Crippen molar-refractivity contribution < 1.29 is 9.59 Å². The number of hydrogen-bond acceptors (Lipinski definition) is 4. The molecule has 154 valence electrons. The third-order valence-corrected chi connectivity index (χ3v) is 5.46. The fourth-order valence-corrected chi connectivity index (χ4v) is 3.96. The summed E-state index contributed by atoms with van der Waals surface area (Å²) in [5.74, 6) is 0.261. The van der Waals surface area contributed by atoms with E-state index in [1.54, 1.807) is 17.3 Å². The third-order valence-electron chi connectivity index (χ3n) is 5.46. The van der Waals surface area contributed by atoms with Crippen LogP contribution >= 0.6 is 0 Å². The molecule has 2 aromatic carbocycles. The van der Waals surface area contributed by atoms with E-state index in [0.717, 1.165) is 22.2 Å². The molecule has 0 fully saturated rings. The zero-order valence-corrected chi connectivity index (χ0v) is 16.8. The molecule has 1 aliphatic rings. The van der Waals surface area contributed by atoms with Gasteiger partial charge in [-0.1, -0.05) is 48.5 Å². The number of anilines is 1. The van der Waals surface area contributed by atoms with Gasteiger partial charge in [0.1, 0.15) is 6.04 Å². The van der Waals surface area contributed by atoms with Gasteiger partial charge in [0.2, 0.25) is 11.9 Å². The molecule has 0 spiro atoms. The lowest BCUT2D eigenvalue weighted by atomic mass is 10.1. The Morgan fingerprint density at radius 3 is 2.55 bits per heavy atom. The van der Waals surface area contributed by atoms with Gasteiger partial charge in [-0.15, -0.1) is 0 Å². The standard InChI is InChI=1S/C24H21N5O2/c30-22(26-15-17-7-2-1-3-8-17)13-21-23(31)28(16-18-9-6-12-25-14-18)24-27-19-10-4-5-11-20(19)29(21)24/h1-12,14,21H,13,15-16H2,(H,26,30)/t21-/m1/s1. The summed E-state index contributed by atoms with van der Waals surface area (Å²) < 4.78 is 1.89. The van der Waals surface area contributed by atoms with E-state index in [-0.39, 0.29) is 18.2 Å². The molecule has 4 aromatic rings. The first kappa shape index (κ1) is 19.0. The molecular formula is C24H21N5O2. The highest BCUT2D eigenvalue weighted by atomic mass is 16.2. The summed E-state index contributed by atoms with van der Waals surface area (Å²) in [6, 6.07) is 20.5. The highest BCUT2D eigenvalue weighted by Gasteiger charge is 2.40. The lowest BCUT2D eigenvalue weighted by Gasteiger charge is -2.16. The van der Waals surface area contributed by atoms with Crippen LogP contribution in [0.2, 0.25) is 0 Å². The van der Waals surface area contributed by atoms with Crippen LogP contribution in [-0.4, -0.2) is 26.3 Å². The average Bonchev–Trinajstić information content (AvgIpc) is 3.30. The largest absolute Gasteiger partial charge is 0.352 e. The Kier molecular flexibility index (Phi) is 4.92. The first-order chi connectivity index (χ1) is 15.2. The number of amides is 2. The Balaban J connectivity index is 1.42. The number of pyridine rings is 1. The van der Waals surface area contributed by atoms with Crippen molar-refractivity contribution in [3.05, 3.63) is 90.3 Å². The second-order valence-electron chi connectivity index (χ2n) is 7.54. The van der Waals surface area contributed by atoms with Crippen molar-refractivity contribution in [2.24, 2.45) is 0 Å². The van der Waals surface area contributed by atoms with Crippen LogP contribution in [0.3, 0.4) is 0 Å². The van der Waals surface area contributed by atoms with Crippen LogP contribution in [-0.2, 0) is 22.7 Å². The summed E-state index contributed by atoms with van der Waals surface area (Å²) in [6.07, 6.45) is 3.49. The lowest BCUT2D eigenvalue weighted by Crippen LogP contribution is -2.32. The Labute approximate surface area is 179 Å². The quantitative estimate of drug-likeness (QED) is 0.528. The van der Waals surface area contributed by atoms with Gasteiger partial charge in [0, 0.05) is 18.9 Å². The minimum Gasteiger partial charge on any atom is -0.352 e. The van der Waals surface area contributed by atoms with Crippen LogP contribution in [0.4, 0.5) is 5.95 Å². The maximum absolute atomic E-state index is 13.3. The van der Waals surface area contributed by atoms with Gasteiger partial charge in [-0.3, -0.25) is 24.0 Å². The second kappa shape index (κ2) is 8.02. The fraction of sp³-hybridized carbons (Fsp3) is 0.167. The van der Waals surface area contributed by atoms with Crippen molar-refractivity contribution in [3.8, 4) is 0 Å². The number of fused-ring (bicyclic) bond motifs is 3. The molecule has 1 aliphatic heterocycles. The summed E-state index contributed by atoms with van der Waals surface area (Å²) >= 11 is 0. The summed E-state index contributed by atoms with van der Waals surface area (Å²) in [4.78, 5) is 36.5. The van der Waals surface area contributed by atoms with Crippen molar-refractivity contribution in [2.45, 2.75) is 25.6 Å². The van der Waals surface area contributed by atoms with Crippen molar-refractivity contribution in [1.82, 2.24) is 19.9 Å². The lowest BCUT2D eigenvalue weighted by molar-refractivity contribution is -0.127. The molecule has 3 heterocycles. The highest BCUT2D eigenvalue weighted by molar-refractivity contribution is 6.03. The van der Waals surface area contributed by atoms with E-state index in [0.29, 0.717) is 19.0 Å². The number of nitrogens with zero attached hydrogens (tertiary/aromatic N) is 4. The number of nitrogens with one attached hydrogen (secondary N) is 1. The molecule has 0 unspecified atom stereocenters. The summed E-state index contributed by atoms with van der Waals surface area (Å²) in [6.45, 7) is 0.787. The Morgan fingerprint density at radius 2 is 1.74 bits per heavy atom. The van der Waals surface area contributed by atoms with Gasteiger partial charge in [-0.05, 0) is 29.3 Å². The molecule has 5 rings (SSSR count). The molecule has 2 aromatic heterocycles. The third kappa shape index (κ3) is 3.66. The normalized spacial score (nSPS) is 15.3. The van der Waals surface area contributed by atoms with Gasteiger partial charge in [0.05, 0.1) is 24.0 Å². The maximum atomic E-state index is 13.3. The van der Waals surface area contributed by atoms with E-state index in [9.17, 15) is 9.59 Å². The molecule has 2 amide bonds. The number of hydrogen-bond donors (Lipinski definition) is 1. The predicted molar refractivity (Wildman–Crippen MR) is 117 cm³/mol. The first-order valence-electron chi connectivity index (χ1n) is 10.2. The summed E-state index contributed by atoms with van der Waals surface area (Å²) in [7, 11) is 0. The maximum Gasteiger partial charge on any atom is 0.253 e. The number of carbonyl (C=O) groups excluding carboxylic acids is 2. The molecule has 7 heteroatoms. The van der Waals surface area contributed by atoms with Gasteiger partial charge in [-0.25, -0.2) is 4.98 Å². The molecule has 0 radical (unpaired) electrons. The molecular weight excluding hydrogens is 390 g/mol. The van der Waals surface area contributed by atoms with Crippen LogP contribution in [0.25, 0.3) is 11.0 Å². The van der Waals surface area contributed by atoms with E-state index >= 15 is 0 Å². The van der Waals surface area contributed by atoms with Crippen molar-refractivity contribution in [3.63, 3.8) is 0 Å². The molecule has 31 heavy (non-hydrogen) atoms. The number of benzene rings is 2. The van der Waals surface area contributed by atoms with Gasteiger partial charge < -0.3 is 5.32 Å².